The van der Waals surface area contributed by atoms with Crippen LogP contribution in [0.4, 0.5) is 0 Å². The molecule has 0 aromatic heterocycles. The third-order valence-corrected chi connectivity index (χ3v) is 4.68. The molecule has 1 aromatic rings. The number of rotatable bonds is 6. The van der Waals surface area contributed by atoms with E-state index < -0.39 is 0 Å². The first kappa shape index (κ1) is 15.0. The highest BCUT2D eigenvalue weighted by molar-refractivity contribution is 5.31. The van der Waals surface area contributed by atoms with Crippen LogP contribution < -0.4 is 5.32 Å². The highest BCUT2D eigenvalue weighted by Crippen LogP contribution is 2.41. The van der Waals surface area contributed by atoms with E-state index in [9.17, 15) is 0 Å². The Balaban J connectivity index is 1.75. The fraction of sp³-hybridized carbons (Fsp3) is 0.667. The molecule has 0 amide bonds. The van der Waals surface area contributed by atoms with Gasteiger partial charge in [0.15, 0.2) is 0 Å². The summed E-state index contributed by atoms with van der Waals surface area (Å²) in [5.74, 6) is 0.816. The van der Waals surface area contributed by atoms with Gasteiger partial charge in [0.2, 0.25) is 0 Å². The normalized spacial score (nSPS) is 27.0. The molecule has 1 saturated carbocycles. The van der Waals surface area contributed by atoms with Crippen LogP contribution in [0.5, 0.6) is 0 Å². The maximum absolute atomic E-state index is 6.07. The van der Waals surface area contributed by atoms with Crippen LogP contribution in [0.1, 0.15) is 49.3 Å². The van der Waals surface area contributed by atoms with E-state index in [1.54, 1.807) is 0 Å². The summed E-state index contributed by atoms with van der Waals surface area (Å²) in [6, 6.07) is 9.58. The quantitative estimate of drug-likeness (QED) is 0.815. The first-order chi connectivity index (χ1) is 10.3. The molecular formula is C18H28N2O. The van der Waals surface area contributed by atoms with Gasteiger partial charge in [-0.3, -0.25) is 4.90 Å². The number of nitrogens with one attached hydrogen (secondary N) is 1. The van der Waals surface area contributed by atoms with Crippen molar-refractivity contribution in [1.29, 1.82) is 0 Å². The lowest BCUT2D eigenvalue weighted by Crippen LogP contribution is -2.47. The molecule has 3 nitrogen and oxygen atoms in total. The average molecular weight is 288 g/mol. The lowest BCUT2D eigenvalue weighted by atomic mass is 9.95. The maximum Gasteiger partial charge on any atom is 0.0896 e. The van der Waals surface area contributed by atoms with E-state index in [0.29, 0.717) is 6.04 Å². The molecule has 1 aromatic carbocycles. The summed E-state index contributed by atoms with van der Waals surface area (Å²) >= 11 is 0. The van der Waals surface area contributed by atoms with Crippen molar-refractivity contribution in [2.24, 2.45) is 0 Å². The van der Waals surface area contributed by atoms with Crippen molar-refractivity contribution in [3.05, 3.63) is 35.4 Å². The topological polar surface area (TPSA) is 24.5 Å². The minimum Gasteiger partial charge on any atom is -0.374 e. The van der Waals surface area contributed by atoms with Crippen LogP contribution in [-0.2, 0) is 4.74 Å². The number of benzene rings is 1. The van der Waals surface area contributed by atoms with E-state index in [0.717, 1.165) is 32.2 Å². The number of hydrogen-bond donors (Lipinski definition) is 1. The summed E-state index contributed by atoms with van der Waals surface area (Å²) in [5.41, 5.74) is 2.94. The van der Waals surface area contributed by atoms with Gasteiger partial charge in [-0.15, -0.1) is 0 Å². The third kappa shape index (κ3) is 3.65. The molecule has 3 rings (SSSR count). The van der Waals surface area contributed by atoms with Gasteiger partial charge in [0.25, 0.3) is 0 Å². The molecule has 2 atom stereocenters. The lowest BCUT2D eigenvalue weighted by Gasteiger charge is -2.39. The number of likely N-dealkylation sites (N-methyl/N-ethyl adjacent to an activating group) is 1. The van der Waals surface area contributed by atoms with Gasteiger partial charge in [0.1, 0.15) is 0 Å². The minimum absolute atomic E-state index is 0.254. The molecular weight excluding hydrogens is 260 g/mol. The van der Waals surface area contributed by atoms with Crippen molar-refractivity contribution < 1.29 is 4.74 Å². The summed E-state index contributed by atoms with van der Waals surface area (Å²) in [7, 11) is 2.23. The molecule has 1 saturated heterocycles. The van der Waals surface area contributed by atoms with E-state index in [2.05, 4.69) is 48.5 Å². The van der Waals surface area contributed by atoms with Gasteiger partial charge < -0.3 is 10.1 Å². The van der Waals surface area contributed by atoms with Crippen molar-refractivity contribution in [2.75, 3.05) is 33.3 Å². The zero-order valence-electron chi connectivity index (χ0n) is 13.3. The van der Waals surface area contributed by atoms with Gasteiger partial charge >= 0.3 is 0 Å². The highest BCUT2D eigenvalue weighted by Gasteiger charge is 2.32. The van der Waals surface area contributed by atoms with Gasteiger partial charge in [-0.1, -0.05) is 31.2 Å². The van der Waals surface area contributed by atoms with Crippen LogP contribution in [0.3, 0.4) is 0 Å². The molecule has 2 fully saturated rings. The van der Waals surface area contributed by atoms with Crippen LogP contribution in [0.2, 0.25) is 0 Å². The van der Waals surface area contributed by atoms with E-state index in [4.69, 9.17) is 4.74 Å². The zero-order chi connectivity index (χ0) is 14.7. The lowest BCUT2D eigenvalue weighted by molar-refractivity contribution is -0.0612. The van der Waals surface area contributed by atoms with Gasteiger partial charge in [0, 0.05) is 13.1 Å². The fourth-order valence-corrected chi connectivity index (χ4v) is 3.34. The Morgan fingerprint density at radius 3 is 2.86 bits per heavy atom. The second-order valence-corrected chi connectivity index (χ2v) is 6.48. The van der Waals surface area contributed by atoms with Crippen LogP contribution in [0, 0.1) is 0 Å². The summed E-state index contributed by atoms with van der Waals surface area (Å²) in [6.45, 7) is 6.07. The summed E-state index contributed by atoms with van der Waals surface area (Å²) in [4.78, 5) is 2.45. The summed E-state index contributed by atoms with van der Waals surface area (Å²) in [6.07, 6.45) is 4.15. The molecule has 116 valence electrons. The fourth-order valence-electron chi connectivity index (χ4n) is 3.34. The molecule has 1 heterocycles. The van der Waals surface area contributed by atoms with Crippen LogP contribution in [0.15, 0.2) is 24.3 Å². The van der Waals surface area contributed by atoms with Crippen molar-refractivity contribution in [3.63, 3.8) is 0 Å². The van der Waals surface area contributed by atoms with Crippen LogP contribution in [0.25, 0.3) is 0 Å². The number of hydrogen-bond acceptors (Lipinski definition) is 3. The predicted molar refractivity (Wildman–Crippen MR) is 86.7 cm³/mol. The Labute approximate surface area is 128 Å². The van der Waals surface area contributed by atoms with Crippen molar-refractivity contribution in [2.45, 2.75) is 44.2 Å². The van der Waals surface area contributed by atoms with Crippen molar-refractivity contribution in [1.82, 2.24) is 10.2 Å². The number of morpholine rings is 1. The highest BCUT2D eigenvalue weighted by atomic mass is 16.5. The largest absolute Gasteiger partial charge is 0.374 e. The third-order valence-electron chi connectivity index (χ3n) is 4.68. The van der Waals surface area contributed by atoms with E-state index in [-0.39, 0.29) is 6.10 Å². The summed E-state index contributed by atoms with van der Waals surface area (Å²) < 4.78 is 6.07. The van der Waals surface area contributed by atoms with E-state index in [1.165, 1.54) is 30.4 Å². The molecule has 3 heteroatoms. The van der Waals surface area contributed by atoms with Gasteiger partial charge in [-0.05, 0) is 49.9 Å². The molecule has 2 aliphatic rings. The first-order valence-corrected chi connectivity index (χ1v) is 8.42. The SMILES string of the molecule is CCCNCC1OCCN(C)C1c1cccc(C2CC2)c1. The van der Waals surface area contributed by atoms with Gasteiger partial charge in [-0.25, -0.2) is 0 Å². The standard InChI is InChI=1S/C18H28N2O/c1-3-9-19-13-17-18(20(2)10-11-21-17)16-6-4-5-15(12-16)14-7-8-14/h4-6,12,14,17-19H,3,7-11,13H2,1-2H3. The average Bonchev–Trinajstić information content (AvgIpc) is 3.32. The van der Waals surface area contributed by atoms with E-state index in [1.807, 2.05) is 0 Å². The Kier molecular flexibility index (Phi) is 4.94. The Morgan fingerprint density at radius 2 is 2.10 bits per heavy atom. The number of ether oxygens (including phenoxy) is 1. The van der Waals surface area contributed by atoms with Crippen LogP contribution in [-0.4, -0.2) is 44.3 Å². The first-order valence-electron chi connectivity index (χ1n) is 8.42. The second-order valence-electron chi connectivity index (χ2n) is 6.48. The Bertz CT molecular complexity index is 458. The van der Waals surface area contributed by atoms with Crippen LogP contribution >= 0.6 is 0 Å². The Morgan fingerprint density at radius 1 is 1.29 bits per heavy atom. The van der Waals surface area contributed by atoms with Gasteiger partial charge in [-0.2, -0.15) is 0 Å². The molecule has 0 spiro atoms. The molecule has 2 unspecified atom stereocenters. The zero-order valence-corrected chi connectivity index (χ0v) is 13.3. The van der Waals surface area contributed by atoms with Crippen molar-refractivity contribution in [3.8, 4) is 0 Å². The molecule has 1 aliphatic heterocycles. The Hall–Kier alpha value is -0.900. The monoisotopic (exact) mass is 288 g/mol. The molecule has 0 bridgehead atoms. The van der Waals surface area contributed by atoms with Crippen molar-refractivity contribution >= 4 is 0 Å². The van der Waals surface area contributed by atoms with Gasteiger partial charge in [0.05, 0.1) is 18.8 Å². The summed E-state index contributed by atoms with van der Waals surface area (Å²) in [5, 5.41) is 3.52. The smallest absolute Gasteiger partial charge is 0.0896 e. The maximum atomic E-state index is 6.07. The molecule has 1 N–H and O–H groups in total. The molecule has 1 aliphatic carbocycles. The van der Waals surface area contributed by atoms with E-state index >= 15 is 0 Å². The minimum atomic E-state index is 0.254. The molecule has 0 radical (unpaired) electrons. The number of nitrogens with zero attached hydrogens (tertiary/aromatic N) is 1. The molecule has 21 heavy (non-hydrogen) atoms. The predicted octanol–water partition coefficient (Wildman–Crippen LogP) is 2.94. The second kappa shape index (κ2) is 6.91.